The van der Waals surface area contributed by atoms with E-state index >= 15 is 0 Å². The molecule has 0 aromatic carbocycles. The van der Waals surface area contributed by atoms with Crippen LogP contribution in [0.15, 0.2) is 18.7 Å². The third kappa shape index (κ3) is 1.65. The number of aryl methyl sites for hydroxylation is 3. The zero-order valence-electron chi connectivity index (χ0n) is 12.5. The van der Waals surface area contributed by atoms with Crippen LogP contribution in [-0.4, -0.2) is 30.5 Å². The minimum atomic E-state index is -0.505. The zero-order chi connectivity index (χ0) is 15.4. The summed E-state index contributed by atoms with van der Waals surface area (Å²) in [4.78, 5) is 25.4. The van der Waals surface area contributed by atoms with Crippen molar-refractivity contribution in [3.63, 3.8) is 0 Å². The van der Waals surface area contributed by atoms with Gasteiger partial charge in [0.2, 0.25) is 5.91 Å². The monoisotopic (exact) mass is 294 g/mol. The number of nitrogens with one attached hydrogen (secondary N) is 1. The molecular weight excluding hydrogens is 280 g/mol. The number of anilines is 1. The van der Waals surface area contributed by atoms with Crippen LogP contribution in [0.3, 0.4) is 0 Å². The number of hydrogen-bond donors (Lipinski definition) is 1. The lowest BCUT2D eigenvalue weighted by Gasteiger charge is -2.10. The quantitative estimate of drug-likeness (QED) is 0.735. The molecule has 0 bridgehead atoms. The Kier molecular flexibility index (Phi) is 2.53. The molecule has 1 unspecified atom stereocenters. The van der Waals surface area contributed by atoms with Gasteiger partial charge in [-0.3, -0.25) is 4.79 Å². The number of hydrogen-bond acceptors (Lipinski definition) is 5. The Morgan fingerprint density at radius 1 is 1.23 bits per heavy atom. The van der Waals surface area contributed by atoms with E-state index in [1.54, 1.807) is 17.6 Å². The van der Waals surface area contributed by atoms with Crippen LogP contribution < -0.4 is 5.32 Å². The first-order valence-electron chi connectivity index (χ1n) is 7.00. The van der Waals surface area contributed by atoms with Crippen LogP contribution in [0.1, 0.15) is 34.1 Å². The summed E-state index contributed by atoms with van der Waals surface area (Å²) in [5, 5.41) is 7.05. The van der Waals surface area contributed by atoms with Gasteiger partial charge in [-0.1, -0.05) is 0 Å². The van der Waals surface area contributed by atoms with Gasteiger partial charge < -0.3 is 5.32 Å². The van der Waals surface area contributed by atoms with Crippen molar-refractivity contribution in [2.24, 2.45) is 0 Å². The standard InChI is InChI=1S/C15H14N6O/c1-7-5-21-13(8(7)2)12(17-6-18-21)11-10-4-16-9(3)19-14(10)20-15(11)22/h4-6,11H,1-3H3,(H,16,19,20,22). The van der Waals surface area contributed by atoms with Gasteiger partial charge in [-0.25, -0.2) is 19.5 Å². The fraction of sp³-hybridized carbons (Fsp3) is 0.267. The van der Waals surface area contributed by atoms with Crippen LogP contribution in [0.4, 0.5) is 5.82 Å². The summed E-state index contributed by atoms with van der Waals surface area (Å²) in [5.41, 5.74) is 4.50. The molecule has 7 heteroatoms. The molecule has 1 amide bonds. The molecule has 4 heterocycles. The Morgan fingerprint density at radius 2 is 2.05 bits per heavy atom. The van der Waals surface area contributed by atoms with Gasteiger partial charge in [0, 0.05) is 18.0 Å². The van der Waals surface area contributed by atoms with Crippen molar-refractivity contribution in [3.05, 3.63) is 46.9 Å². The summed E-state index contributed by atoms with van der Waals surface area (Å²) < 4.78 is 1.77. The molecule has 0 spiro atoms. The number of carbonyl (C=O) groups is 1. The average Bonchev–Trinajstić information content (AvgIpc) is 2.95. The van der Waals surface area contributed by atoms with Gasteiger partial charge in [0.05, 0.1) is 11.2 Å². The fourth-order valence-corrected chi connectivity index (χ4v) is 2.91. The van der Waals surface area contributed by atoms with Crippen molar-refractivity contribution in [2.75, 3.05) is 5.32 Å². The van der Waals surface area contributed by atoms with E-state index in [4.69, 9.17) is 0 Å². The van der Waals surface area contributed by atoms with Gasteiger partial charge in [-0.15, -0.1) is 0 Å². The van der Waals surface area contributed by atoms with Gasteiger partial charge >= 0.3 is 0 Å². The Labute approximate surface area is 126 Å². The summed E-state index contributed by atoms with van der Waals surface area (Å²) in [6, 6.07) is 0. The molecule has 7 nitrogen and oxygen atoms in total. The first kappa shape index (κ1) is 12.9. The molecule has 0 aliphatic carbocycles. The first-order chi connectivity index (χ1) is 10.6. The van der Waals surface area contributed by atoms with E-state index in [0.29, 0.717) is 17.3 Å². The predicted octanol–water partition coefficient (Wildman–Crippen LogP) is 1.53. The molecule has 1 aliphatic heterocycles. The molecular formula is C15H14N6O. The summed E-state index contributed by atoms with van der Waals surface area (Å²) in [6.45, 7) is 5.82. The lowest BCUT2D eigenvalue weighted by atomic mass is 9.97. The second kappa shape index (κ2) is 4.33. The van der Waals surface area contributed by atoms with Crippen LogP contribution >= 0.6 is 0 Å². The molecule has 1 atom stereocenters. The van der Waals surface area contributed by atoms with Crippen LogP contribution in [0.2, 0.25) is 0 Å². The lowest BCUT2D eigenvalue weighted by Crippen LogP contribution is -2.16. The molecule has 22 heavy (non-hydrogen) atoms. The topological polar surface area (TPSA) is 85.1 Å². The van der Waals surface area contributed by atoms with Crippen molar-refractivity contribution in [3.8, 4) is 0 Å². The van der Waals surface area contributed by atoms with Gasteiger partial charge in [0.1, 0.15) is 23.9 Å². The summed E-state index contributed by atoms with van der Waals surface area (Å²) in [6.07, 6.45) is 5.11. The number of carbonyl (C=O) groups excluding carboxylic acids is 1. The minimum Gasteiger partial charge on any atom is -0.309 e. The summed E-state index contributed by atoms with van der Waals surface area (Å²) in [5.74, 6) is 0.560. The summed E-state index contributed by atoms with van der Waals surface area (Å²) >= 11 is 0. The Balaban J connectivity index is 1.99. The molecule has 0 saturated heterocycles. The zero-order valence-corrected chi connectivity index (χ0v) is 12.5. The molecule has 4 rings (SSSR count). The molecule has 1 N–H and O–H groups in total. The van der Waals surface area contributed by atoms with Crippen LogP contribution in [0.5, 0.6) is 0 Å². The first-order valence-corrected chi connectivity index (χ1v) is 7.00. The third-order valence-corrected chi connectivity index (χ3v) is 4.13. The van der Waals surface area contributed by atoms with Crippen LogP contribution in [-0.2, 0) is 4.79 Å². The molecule has 3 aromatic heterocycles. The minimum absolute atomic E-state index is 0.131. The largest absolute Gasteiger partial charge is 0.309 e. The highest BCUT2D eigenvalue weighted by molar-refractivity contribution is 6.04. The highest BCUT2D eigenvalue weighted by atomic mass is 16.2. The third-order valence-electron chi connectivity index (χ3n) is 4.13. The Hall–Kier alpha value is -2.83. The van der Waals surface area contributed by atoms with Crippen molar-refractivity contribution in [2.45, 2.75) is 26.7 Å². The average molecular weight is 294 g/mol. The van der Waals surface area contributed by atoms with Gasteiger partial charge in [-0.2, -0.15) is 5.10 Å². The summed E-state index contributed by atoms with van der Waals surface area (Å²) in [7, 11) is 0. The molecule has 110 valence electrons. The fourth-order valence-electron chi connectivity index (χ4n) is 2.91. The maximum absolute atomic E-state index is 12.5. The van der Waals surface area contributed by atoms with Crippen molar-refractivity contribution >= 4 is 17.2 Å². The van der Waals surface area contributed by atoms with Crippen molar-refractivity contribution in [1.82, 2.24) is 24.6 Å². The number of amides is 1. The maximum atomic E-state index is 12.5. The van der Waals surface area contributed by atoms with E-state index in [1.807, 2.05) is 20.0 Å². The molecule has 0 saturated carbocycles. The molecule has 1 aliphatic rings. The van der Waals surface area contributed by atoms with Gasteiger partial charge in [0.15, 0.2) is 0 Å². The normalized spacial score (nSPS) is 16.9. The van der Waals surface area contributed by atoms with Crippen LogP contribution in [0, 0.1) is 20.8 Å². The number of fused-ring (bicyclic) bond motifs is 2. The highest BCUT2D eigenvalue weighted by Crippen LogP contribution is 2.37. The van der Waals surface area contributed by atoms with Crippen LogP contribution in [0.25, 0.3) is 5.52 Å². The van der Waals surface area contributed by atoms with E-state index in [-0.39, 0.29) is 5.91 Å². The molecule has 0 fully saturated rings. The van der Waals surface area contributed by atoms with E-state index in [9.17, 15) is 4.79 Å². The van der Waals surface area contributed by atoms with Crippen molar-refractivity contribution < 1.29 is 4.79 Å². The second-order valence-corrected chi connectivity index (χ2v) is 5.52. The molecule has 3 aromatic rings. The van der Waals surface area contributed by atoms with E-state index in [0.717, 1.165) is 22.2 Å². The highest BCUT2D eigenvalue weighted by Gasteiger charge is 2.36. The maximum Gasteiger partial charge on any atom is 0.239 e. The van der Waals surface area contributed by atoms with E-state index < -0.39 is 5.92 Å². The van der Waals surface area contributed by atoms with Crippen molar-refractivity contribution in [1.29, 1.82) is 0 Å². The number of aromatic nitrogens is 5. The number of nitrogens with zero attached hydrogens (tertiary/aromatic N) is 5. The molecule has 0 radical (unpaired) electrons. The van der Waals surface area contributed by atoms with E-state index in [2.05, 4.69) is 25.4 Å². The number of rotatable bonds is 1. The Bertz CT molecular complexity index is 929. The SMILES string of the molecule is Cc1ncc2c(n1)NC(=O)C2c1ncnn2cc(C)c(C)c12. The van der Waals surface area contributed by atoms with Gasteiger partial charge in [0.25, 0.3) is 0 Å². The van der Waals surface area contributed by atoms with E-state index in [1.165, 1.54) is 6.33 Å². The Morgan fingerprint density at radius 3 is 2.86 bits per heavy atom. The second-order valence-electron chi connectivity index (χ2n) is 5.52. The predicted molar refractivity (Wildman–Crippen MR) is 79.7 cm³/mol. The van der Waals surface area contributed by atoms with Gasteiger partial charge in [-0.05, 0) is 31.9 Å². The lowest BCUT2D eigenvalue weighted by molar-refractivity contribution is -0.116. The smallest absolute Gasteiger partial charge is 0.239 e.